The van der Waals surface area contributed by atoms with Gasteiger partial charge in [-0.3, -0.25) is 0 Å². The molecule has 1 heterocycles. The number of aryl methyl sites for hydroxylation is 2. The second-order valence-corrected chi connectivity index (χ2v) is 8.81. The van der Waals surface area contributed by atoms with Crippen LogP contribution >= 0.6 is 0 Å². The van der Waals surface area contributed by atoms with Gasteiger partial charge in [-0.15, -0.1) is 0 Å². The first-order chi connectivity index (χ1) is 16.2. The van der Waals surface area contributed by atoms with Gasteiger partial charge in [-0.1, -0.05) is 103 Å². The topological polar surface area (TPSA) is 3.01 Å². The van der Waals surface area contributed by atoms with Crippen molar-refractivity contribution >= 4 is 17.1 Å². The monoisotopic (exact) mass is 423 g/mol. The number of fused-ring (bicyclic) bond motifs is 1. The summed E-state index contributed by atoms with van der Waals surface area (Å²) in [5.74, 6) is 0. The molecule has 0 spiro atoms. The van der Waals surface area contributed by atoms with E-state index < -0.39 is 0 Å². The van der Waals surface area contributed by atoms with E-state index in [1.165, 1.54) is 61.6 Å². The van der Waals surface area contributed by atoms with Crippen LogP contribution in [0.5, 0.6) is 0 Å². The number of nitrogens with zero attached hydrogens (tertiary/aromatic N) is 1. The summed E-state index contributed by atoms with van der Waals surface area (Å²) in [5, 5.41) is 0. The van der Waals surface area contributed by atoms with Gasteiger partial charge in [0.2, 0.25) is 0 Å². The summed E-state index contributed by atoms with van der Waals surface area (Å²) < 4.78 is 0. The normalized spacial score (nSPS) is 11.9. The molecule has 0 unspecified atom stereocenters. The fraction of sp³-hybridized carbons (Fsp3) is 0.0625. The third-order valence-corrected chi connectivity index (χ3v) is 6.59. The molecular formula is C32H25N. The van der Waals surface area contributed by atoms with Gasteiger partial charge in [-0.25, -0.2) is 0 Å². The molecule has 0 atom stereocenters. The molecule has 5 aromatic rings. The van der Waals surface area contributed by atoms with Crippen LogP contribution in [0.3, 0.4) is 0 Å². The largest absolute Gasteiger partial charge is 0.306 e. The lowest BCUT2D eigenvalue weighted by Gasteiger charge is -2.09. The van der Waals surface area contributed by atoms with Gasteiger partial charge in [0.05, 0.1) is 11.4 Å². The van der Waals surface area contributed by atoms with E-state index in [9.17, 15) is 0 Å². The van der Waals surface area contributed by atoms with Gasteiger partial charge in [-0.2, -0.15) is 0 Å². The molecule has 0 aromatic heterocycles. The quantitative estimate of drug-likeness (QED) is 0.256. The highest BCUT2D eigenvalue weighted by molar-refractivity contribution is 6.09. The summed E-state index contributed by atoms with van der Waals surface area (Å²) in [5.41, 5.74) is 14.0. The van der Waals surface area contributed by atoms with Crippen molar-refractivity contribution in [2.75, 3.05) is 4.90 Å². The van der Waals surface area contributed by atoms with Gasteiger partial charge in [0.25, 0.3) is 0 Å². The average Bonchev–Trinajstić information content (AvgIpc) is 3.60. The Balaban J connectivity index is 1.25. The van der Waals surface area contributed by atoms with Crippen LogP contribution in [0.4, 0.5) is 17.1 Å². The fourth-order valence-corrected chi connectivity index (χ4v) is 4.67. The lowest BCUT2D eigenvalue weighted by atomic mass is 9.99. The van der Waals surface area contributed by atoms with Gasteiger partial charge in [0, 0.05) is 11.3 Å². The molecule has 158 valence electrons. The number of hydrogen-bond acceptors (Lipinski definition) is 1. The summed E-state index contributed by atoms with van der Waals surface area (Å²) in [7, 11) is 0. The molecule has 0 bridgehead atoms. The molecule has 0 amide bonds. The van der Waals surface area contributed by atoms with Crippen LogP contribution in [0.1, 0.15) is 11.1 Å². The van der Waals surface area contributed by atoms with E-state index >= 15 is 0 Å². The maximum Gasteiger partial charge on any atom is 0.0782 e. The number of rotatable bonds is 4. The molecule has 1 aliphatic rings. The minimum Gasteiger partial charge on any atom is -0.306 e. The van der Waals surface area contributed by atoms with E-state index in [1.54, 1.807) is 0 Å². The molecule has 1 heteroatoms. The van der Waals surface area contributed by atoms with Gasteiger partial charge >= 0.3 is 0 Å². The van der Waals surface area contributed by atoms with Crippen molar-refractivity contribution in [3.63, 3.8) is 0 Å². The Bertz CT molecular complexity index is 1440. The van der Waals surface area contributed by atoms with Crippen molar-refractivity contribution in [1.82, 2.24) is 0 Å². The van der Waals surface area contributed by atoms with Gasteiger partial charge < -0.3 is 4.90 Å². The molecular weight excluding hydrogens is 398 g/mol. The predicted octanol–water partition coefficient (Wildman–Crippen LogP) is 9.09. The highest BCUT2D eigenvalue weighted by Crippen LogP contribution is 2.58. The SMILES string of the molecule is Cc1ccc(-c2ccc(-c3ccc(N4c5cccc(-c6ccccc6C)c54)cc3)cc2)cc1. The maximum atomic E-state index is 2.35. The number of para-hydroxylation sites is 1. The van der Waals surface area contributed by atoms with E-state index in [4.69, 9.17) is 0 Å². The predicted molar refractivity (Wildman–Crippen MR) is 140 cm³/mol. The third kappa shape index (κ3) is 3.52. The summed E-state index contributed by atoms with van der Waals surface area (Å²) in [6.07, 6.45) is 0. The van der Waals surface area contributed by atoms with Crippen LogP contribution < -0.4 is 4.90 Å². The van der Waals surface area contributed by atoms with Crippen LogP contribution in [0, 0.1) is 13.8 Å². The van der Waals surface area contributed by atoms with Crippen molar-refractivity contribution in [3.05, 3.63) is 126 Å². The molecule has 0 aliphatic carbocycles. The van der Waals surface area contributed by atoms with Gasteiger partial charge in [-0.05, 0) is 65.4 Å². The lowest BCUT2D eigenvalue weighted by molar-refractivity contribution is 1.45. The zero-order chi connectivity index (χ0) is 22.4. The molecule has 33 heavy (non-hydrogen) atoms. The Kier molecular flexibility index (Phi) is 4.62. The van der Waals surface area contributed by atoms with Crippen molar-refractivity contribution in [2.24, 2.45) is 0 Å². The fourth-order valence-electron chi connectivity index (χ4n) is 4.67. The second-order valence-electron chi connectivity index (χ2n) is 8.81. The summed E-state index contributed by atoms with van der Waals surface area (Å²) in [4.78, 5) is 2.35. The Morgan fingerprint density at radius 3 is 1.58 bits per heavy atom. The van der Waals surface area contributed by atoms with Crippen LogP contribution in [-0.4, -0.2) is 0 Å². The van der Waals surface area contributed by atoms with Gasteiger partial charge in [0.1, 0.15) is 0 Å². The van der Waals surface area contributed by atoms with Crippen LogP contribution in [0.15, 0.2) is 115 Å². The first kappa shape index (κ1) is 19.6. The van der Waals surface area contributed by atoms with Crippen LogP contribution in [0.25, 0.3) is 33.4 Å². The first-order valence-electron chi connectivity index (χ1n) is 11.5. The van der Waals surface area contributed by atoms with Crippen molar-refractivity contribution in [3.8, 4) is 33.4 Å². The van der Waals surface area contributed by atoms with E-state index in [1.807, 2.05) is 0 Å². The molecule has 1 nitrogen and oxygen atoms in total. The number of hydrogen-bond donors (Lipinski definition) is 0. The molecule has 0 radical (unpaired) electrons. The van der Waals surface area contributed by atoms with Crippen LogP contribution in [-0.2, 0) is 0 Å². The lowest BCUT2D eigenvalue weighted by Crippen LogP contribution is -1.90. The van der Waals surface area contributed by atoms with E-state index in [2.05, 4.69) is 134 Å². The molecule has 0 N–H and O–H groups in total. The Morgan fingerprint density at radius 2 is 0.970 bits per heavy atom. The van der Waals surface area contributed by atoms with Crippen LogP contribution in [0.2, 0.25) is 0 Å². The Hall–Kier alpha value is -4.10. The standard InChI is InChI=1S/C32H25N/c1-22-10-12-24(13-11-22)25-14-16-26(17-15-25)27-18-20-28(21-19-27)33-31-9-5-8-30(32(31)33)29-7-4-3-6-23(29)2/h3-21H,1-2H3. The molecule has 0 fully saturated rings. The molecule has 0 saturated carbocycles. The maximum absolute atomic E-state index is 2.35. The minimum absolute atomic E-state index is 1.21. The van der Waals surface area contributed by atoms with E-state index in [0.29, 0.717) is 0 Å². The summed E-state index contributed by atoms with van der Waals surface area (Å²) >= 11 is 0. The second kappa shape index (κ2) is 7.79. The number of anilines is 3. The minimum atomic E-state index is 1.21. The first-order valence-corrected chi connectivity index (χ1v) is 11.5. The molecule has 6 rings (SSSR count). The molecule has 0 saturated heterocycles. The zero-order valence-electron chi connectivity index (χ0n) is 18.9. The van der Waals surface area contributed by atoms with Gasteiger partial charge in [0.15, 0.2) is 0 Å². The average molecular weight is 424 g/mol. The number of benzene rings is 5. The third-order valence-electron chi connectivity index (χ3n) is 6.59. The zero-order valence-corrected chi connectivity index (χ0v) is 18.9. The smallest absolute Gasteiger partial charge is 0.0782 e. The highest BCUT2D eigenvalue weighted by atomic mass is 15.3. The Labute approximate surface area is 195 Å². The summed E-state index contributed by atoms with van der Waals surface area (Å²) in [6.45, 7) is 4.30. The Morgan fingerprint density at radius 1 is 0.455 bits per heavy atom. The van der Waals surface area contributed by atoms with Crippen molar-refractivity contribution in [2.45, 2.75) is 13.8 Å². The van der Waals surface area contributed by atoms with Crippen molar-refractivity contribution in [1.29, 1.82) is 0 Å². The summed E-state index contributed by atoms with van der Waals surface area (Å²) in [6, 6.07) is 41.7. The molecule has 1 aliphatic heterocycles. The molecule has 5 aromatic carbocycles. The highest BCUT2D eigenvalue weighted by Gasteiger charge is 2.33. The van der Waals surface area contributed by atoms with Crippen molar-refractivity contribution < 1.29 is 0 Å². The van der Waals surface area contributed by atoms with E-state index in [0.717, 1.165) is 0 Å². The van der Waals surface area contributed by atoms with E-state index in [-0.39, 0.29) is 0 Å².